The van der Waals surface area contributed by atoms with Gasteiger partial charge in [0, 0.05) is 37.5 Å². The number of aliphatic imine (C=N–C) groups is 1. The number of amidine groups is 1. The van der Waals surface area contributed by atoms with Crippen molar-refractivity contribution in [3.8, 4) is 11.3 Å². The summed E-state index contributed by atoms with van der Waals surface area (Å²) < 4.78 is 8.04. The Kier molecular flexibility index (Phi) is 8.37. The lowest BCUT2D eigenvalue weighted by atomic mass is 9.80. The molecule has 9 heteroatoms. The molecule has 2 aliphatic rings. The molecule has 1 fully saturated rings. The van der Waals surface area contributed by atoms with Crippen molar-refractivity contribution >= 4 is 28.5 Å². The number of nitrogens with one attached hydrogen (secondary N) is 1. The van der Waals surface area contributed by atoms with Gasteiger partial charge in [-0.05, 0) is 43.2 Å². The SMILES string of the molecule is CCCC1CCC(Cn2c(C(CC)COC)nc3cc(C4=NCON4)nc(-c4cncc(Cl)c4)c32)CC1. The molecule has 4 heterocycles. The van der Waals surface area contributed by atoms with E-state index in [1.165, 1.54) is 38.5 Å². The fourth-order valence-corrected chi connectivity index (χ4v) is 6.02. The minimum atomic E-state index is 0.188. The highest BCUT2D eigenvalue weighted by Gasteiger charge is 2.28. The molecule has 0 amide bonds. The van der Waals surface area contributed by atoms with Gasteiger partial charge in [0.15, 0.2) is 12.6 Å². The summed E-state index contributed by atoms with van der Waals surface area (Å²) in [4.78, 5) is 24.3. The molecule has 1 saturated carbocycles. The summed E-state index contributed by atoms with van der Waals surface area (Å²) >= 11 is 6.38. The van der Waals surface area contributed by atoms with Crippen LogP contribution < -0.4 is 5.48 Å². The number of nitrogens with zero attached hydrogens (tertiary/aromatic N) is 5. The fourth-order valence-electron chi connectivity index (χ4n) is 5.84. The first-order chi connectivity index (χ1) is 18.1. The summed E-state index contributed by atoms with van der Waals surface area (Å²) in [6, 6.07) is 3.93. The highest BCUT2D eigenvalue weighted by atomic mass is 35.5. The maximum Gasteiger partial charge on any atom is 0.173 e. The Bertz CT molecular complexity index is 1250. The lowest BCUT2D eigenvalue weighted by Crippen LogP contribution is -2.22. The predicted octanol–water partition coefficient (Wildman–Crippen LogP) is 6.13. The second kappa shape index (κ2) is 11.9. The molecule has 0 radical (unpaired) electrons. The Balaban J connectivity index is 1.65. The minimum absolute atomic E-state index is 0.188. The molecule has 1 unspecified atom stereocenters. The van der Waals surface area contributed by atoms with Crippen LogP contribution in [-0.4, -0.2) is 45.8 Å². The number of methoxy groups -OCH3 is 1. The Morgan fingerprint density at radius 1 is 1.14 bits per heavy atom. The van der Waals surface area contributed by atoms with Crippen LogP contribution in [0.25, 0.3) is 22.3 Å². The van der Waals surface area contributed by atoms with E-state index in [9.17, 15) is 0 Å². The highest BCUT2D eigenvalue weighted by molar-refractivity contribution is 6.30. The van der Waals surface area contributed by atoms with Crippen LogP contribution in [0.1, 0.15) is 76.2 Å². The number of rotatable bonds is 10. The fraction of sp³-hybridized carbons (Fsp3) is 0.571. The molecule has 0 spiro atoms. The molecule has 0 aromatic carbocycles. The molecule has 3 aromatic heterocycles. The highest BCUT2D eigenvalue weighted by Crippen LogP contribution is 2.37. The number of fused-ring (bicyclic) bond motifs is 1. The van der Waals surface area contributed by atoms with E-state index in [0.29, 0.717) is 29.1 Å². The number of hydrogen-bond acceptors (Lipinski definition) is 7. The standard InChI is InChI=1S/C28H37ClN6O2/c1-4-6-18-7-9-19(10-8-18)15-35-26-23(33-28(35)20(5-2)16-36-3)12-24(27-31-17-37-34-27)32-25(26)21-11-22(29)14-30-13-21/h11-14,18-20H,4-10,15-17H2,1-3H3,(H,31,34). The third-order valence-electron chi connectivity index (χ3n) is 7.76. The van der Waals surface area contributed by atoms with Crippen LogP contribution in [0.3, 0.4) is 0 Å². The number of hydroxylamine groups is 1. The van der Waals surface area contributed by atoms with Crippen LogP contribution in [-0.2, 0) is 16.1 Å². The smallest absolute Gasteiger partial charge is 0.173 e. The average Bonchev–Trinajstić information content (AvgIpc) is 3.57. The third kappa shape index (κ3) is 5.66. The molecule has 0 bridgehead atoms. The zero-order chi connectivity index (χ0) is 25.8. The molecule has 8 nitrogen and oxygen atoms in total. The Hall–Kier alpha value is -2.55. The van der Waals surface area contributed by atoms with Gasteiger partial charge in [0.05, 0.1) is 28.4 Å². The summed E-state index contributed by atoms with van der Waals surface area (Å²) in [7, 11) is 1.76. The van der Waals surface area contributed by atoms with Gasteiger partial charge < -0.3 is 9.30 Å². The van der Waals surface area contributed by atoms with Gasteiger partial charge in [-0.25, -0.2) is 20.4 Å². The number of hydrogen-bond donors (Lipinski definition) is 1. The molecular weight excluding hydrogens is 488 g/mol. The minimum Gasteiger partial charge on any atom is -0.384 e. The summed E-state index contributed by atoms with van der Waals surface area (Å²) in [6.45, 7) is 6.30. The first-order valence-corrected chi connectivity index (χ1v) is 13.9. The van der Waals surface area contributed by atoms with E-state index in [2.05, 4.69) is 33.9 Å². The largest absolute Gasteiger partial charge is 0.384 e. The normalized spacial score (nSPS) is 20.7. The van der Waals surface area contributed by atoms with Gasteiger partial charge in [-0.15, -0.1) is 0 Å². The van der Waals surface area contributed by atoms with Crippen LogP contribution in [0.15, 0.2) is 29.5 Å². The van der Waals surface area contributed by atoms with Crippen LogP contribution in [0.4, 0.5) is 0 Å². The third-order valence-corrected chi connectivity index (χ3v) is 7.97. The van der Waals surface area contributed by atoms with Crippen molar-refractivity contribution < 1.29 is 9.57 Å². The van der Waals surface area contributed by atoms with Gasteiger partial charge in [-0.3, -0.25) is 9.82 Å². The van der Waals surface area contributed by atoms with Crippen LogP contribution in [0, 0.1) is 11.8 Å². The molecule has 1 atom stereocenters. The zero-order valence-electron chi connectivity index (χ0n) is 22.0. The van der Waals surface area contributed by atoms with E-state index in [1.807, 2.05) is 18.3 Å². The zero-order valence-corrected chi connectivity index (χ0v) is 22.8. The van der Waals surface area contributed by atoms with Crippen molar-refractivity contribution in [1.82, 2.24) is 25.0 Å². The van der Waals surface area contributed by atoms with Gasteiger partial charge in [-0.2, -0.15) is 0 Å². The first kappa shape index (κ1) is 26.1. The van der Waals surface area contributed by atoms with Gasteiger partial charge in [0.2, 0.25) is 0 Å². The summed E-state index contributed by atoms with van der Waals surface area (Å²) in [5.74, 6) is 3.34. The lowest BCUT2D eigenvalue weighted by molar-refractivity contribution is 0.115. The number of halogens is 1. The second-order valence-corrected chi connectivity index (χ2v) is 10.8. The summed E-state index contributed by atoms with van der Waals surface area (Å²) in [6.07, 6.45) is 12.2. The number of pyridine rings is 2. The second-order valence-electron chi connectivity index (χ2n) is 10.3. The van der Waals surface area contributed by atoms with Crippen molar-refractivity contribution in [3.05, 3.63) is 41.1 Å². The van der Waals surface area contributed by atoms with Crippen molar-refractivity contribution in [2.24, 2.45) is 16.8 Å². The predicted molar refractivity (Wildman–Crippen MR) is 147 cm³/mol. The van der Waals surface area contributed by atoms with Crippen molar-refractivity contribution in [3.63, 3.8) is 0 Å². The van der Waals surface area contributed by atoms with Crippen LogP contribution >= 0.6 is 11.6 Å². The van der Waals surface area contributed by atoms with E-state index in [-0.39, 0.29) is 12.6 Å². The van der Waals surface area contributed by atoms with Gasteiger partial charge >= 0.3 is 0 Å². The van der Waals surface area contributed by atoms with Gasteiger partial charge in [0.1, 0.15) is 11.5 Å². The maximum absolute atomic E-state index is 6.38. The van der Waals surface area contributed by atoms with Crippen LogP contribution in [0.2, 0.25) is 5.02 Å². The van der Waals surface area contributed by atoms with Crippen molar-refractivity contribution in [2.45, 2.75) is 71.3 Å². The molecular formula is C28H37ClN6O2. The van der Waals surface area contributed by atoms with Crippen LogP contribution in [0.5, 0.6) is 0 Å². The Morgan fingerprint density at radius 3 is 2.62 bits per heavy atom. The average molecular weight is 525 g/mol. The van der Waals surface area contributed by atoms with E-state index in [4.69, 9.17) is 31.1 Å². The molecule has 1 N–H and O–H groups in total. The van der Waals surface area contributed by atoms with E-state index < -0.39 is 0 Å². The molecule has 1 aliphatic heterocycles. The molecule has 3 aromatic rings. The van der Waals surface area contributed by atoms with E-state index in [1.54, 1.807) is 13.3 Å². The molecule has 198 valence electrons. The summed E-state index contributed by atoms with van der Waals surface area (Å²) in [5.41, 5.74) is 7.14. The summed E-state index contributed by atoms with van der Waals surface area (Å²) in [5, 5.41) is 0.573. The Morgan fingerprint density at radius 2 is 1.95 bits per heavy atom. The van der Waals surface area contributed by atoms with E-state index in [0.717, 1.165) is 47.0 Å². The van der Waals surface area contributed by atoms with Gasteiger partial charge in [-0.1, -0.05) is 51.1 Å². The number of imidazole rings is 1. The quantitative estimate of drug-likeness (QED) is 0.343. The Labute approximate surface area is 223 Å². The number of aromatic nitrogens is 4. The van der Waals surface area contributed by atoms with E-state index >= 15 is 0 Å². The topological polar surface area (TPSA) is 86.5 Å². The maximum atomic E-state index is 6.38. The molecule has 37 heavy (non-hydrogen) atoms. The monoisotopic (exact) mass is 524 g/mol. The molecule has 0 saturated heterocycles. The van der Waals surface area contributed by atoms with Crippen molar-refractivity contribution in [2.75, 3.05) is 20.4 Å². The lowest BCUT2D eigenvalue weighted by Gasteiger charge is -2.30. The van der Waals surface area contributed by atoms with Gasteiger partial charge in [0.25, 0.3) is 0 Å². The molecule has 1 aliphatic carbocycles. The van der Waals surface area contributed by atoms with Crippen molar-refractivity contribution in [1.29, 1.82) is 0 Å². The molecule has 5 rings (SSSR count). The first-order valence-electron chi connectivity index (χ1n) is 13.5. The number of ether oxygens (including phenoxy) is 1.